The van der Waals surface area contributed by atoms with Crippen LogP contribution in [0.2, 0.25) is 0 Å². The number of ether oxygens (including phenoxy) is 3. The molecule has 1 saturated heterocycles. The predicted molar refractivity (Wildman–Crippen MR) is 101 cm³/mol. The van der Waals surface area contributed by atoms with E-state index in [9.17, 15) is 5.11 Å². The summed E-state index contributed by atoms with van der Waals surface area (Å²) in [7, 11) is 0. The van der Waals surface area contributed by atoms with Gasteiger partial charge in [-0.3, -0.25) is 0 Å². The molecule has 0 aromatic heterocycles. The molecular formula is C18H28O4S2. The first-order valence-electron chi connectivity index (χ1n) is 8.56. The fourth-order valence-corrected chi connectivity index (χ4v) is 5.47. The van der Waals surface area contributed by atoms with Gasteiger partial charge in [-0.25, -0.2) is 0 Å². The lowest BCUT2D eigenvalue weighted by atomic mass is 10.1. The van der Waals surface area contributed by atoms with Crippen LogP contribution >= 0.6 is 23.5 Å². The Morgan fingerprint density at radius 3 is 2.29 bits per heavy atom. The molecule has 0 bridgehead atoms. The molecule has 1 aliphatic rings. The number of aliphatic hydroxyl groups excluding tert-OH is 1. The van der Waals surface area contributed by atoms with Crippen molar-refractivity contribution in [2.24, 2.45) is 0 Å². The first-order chi connectivity index (χ1) is 11.7. The lowest BCUT2D eigenvalue weighted by Crippen LogP contribution is -2.53. The molecule has 136 valence electrons. The third-order valence-electron chi connectivity index (χ3n) is 3.81. The van der Waals surface area contributed by atoms with E-state index in [1.54, 1.807) is 0 Å². The highest BCUT2D eigenvalue weighted by atomic mass is 32.2. The Labute approximate surface area is 153 Å². The topological polar surface area (TPSA) is 47.9 Å². The summed E-state index contributed by atoms with van der Waals surface area (Å²) in [5, 5.41) is 9.84. The van der Waals surface area contributed by atoms with Gasteiger partial charge in [0.05, 0.1) is 11.2 Å². The summed E-state index contributed by atoms with van der Waals surface area (Å²) in [4.78, 5) is 0. The summed E-state index contributed by atoms with van der Waals surface area (Å²) in [5.41, 5.74) is 0.970. The van der Waals surface area contributed by atoms with Gasteiger partial charge in [0.25, 0.3) is 0 Å². The Bertz CT molecular complexity index is 454. The molecule has 0 radical (unpaired) electrons. The van der Waals surface area contributed by atoms with Gasteiger partial charge in [0, 0.05) is 12.2 Å². The minimum absolute atomic E-state index is 0.0752. The van der Waals surface area contributed by atoms with Crippen molar-refractivity contribution in [1.29, 1.82) is 0 Å². The monoisotopic (exact) mass is 372 g/mol. The maximum absolute atomic E-state index is 9.84. The molecule has 24 heavy (non-hydrogen) atoms. The highest BCUT2D eigenvalue weighted by Gasteiger charge is 2.44. The van der Waals surface area contributed by atoms with Crippen molar-refractivity contribution in [2.75, 3.05) is 24.7 Å². The van der Waals surface area contributed by atoms with Crippen molar-refractivity contribution in [2.45, 2.75) is 50.0 Å². The zero-order valence-corrected chi connectivity index (χ0v) is 16.2. The summed E-state index contributed by atoms with van der Waals surface area (Å²) < 4.78 is 18.5. The smallest absolute Gasteiger partial charge is 0.184 e. The summed E-state index contributed by atoms with van der Waals surface area (Å²) >= 11 is 3.74. The molecule has 4 nitrogen and oxygen atoms in total. The Morgan fingerprint density at radius 2 is 1.75 bits per heavy atom. The first-order valence-corrected chi connectivity index (χ1v) is 10.7. The minimum Gasteiger partial charge on any atom is -0.394 e. The second kappa shape index (κ2) is 10.7. The van der Waals surface area contributed by atoms with E-state index in [2.05, 4.69) is 13.8 Å². The second-order valence-corrected chi connectivity index (χ2v) is 8.53. The van der Waals surface area contributed by atoms with E-state index in [0.717, 1.165) is 17.1 Å². The number of benzene rings is 1. The number of aliphatic hydroxyl groups is 1. The van der Waals surface area contributed by atoms with Gasteiger partial charge < -0.3 is 19.3 Å². The van der Waals surface area contributed by atoms with Crippen molar-refractivity contribution in [3.05, 3.63) is 35.9 Å². The molecule has 6 heteroatoms. The zero-order valence-electron chi connectivity index (χ0n) is 14.6. The van der Waals surface area contributed by atoms with Crippen LogP contribution < -0.4 is 0 Å². The van der Waals surface area contributed by atoms with Crippen molar-refractivity contribution in [3.8, 4) is 0 Å². The van der Waals surface area contributed by atoms with Crippen molar-refractivity contribution in [3.63, 3.8) is 0 Å². The van der Waals surface area contributed by atoms with E-state index in [0.29, 0.717) is 6.61 Å². The molecule has 1 heterocycles. The van der Waals surface area contributed by atoms with Gasteiger partial charge in [-0.05, 0) is 18.4 Å². The Balaban J connectivity index is 2.25. The highest BCUT2D eigenvalue weighted by molar-refractivity contribution is 8.17. The minimum atomic E-state index is -0.470. The van der Waals surface area contributed by atoms with Gasteiger partial charge in [-0.15, -0.1) is 23.5 Å². The molecule has 1 aromatic carbocycles. The highest BCUT2D eigenvalue weighted by Crippen LogP contribution is 2.39. The van der Waals surface area contributed by atoms with Gasteiger partial charge in [0.2, 0.25) is 0 Å². The maximum Gasteiger partial charge on any atom is 0.184 e. The quantitative estimate of drug-likeness (QED) is 0.667. The summed E-state index contributed by atoms with van der Waals surface area (Å²) in [6.45, 7) is 6.76. The average Bonchev–Trinajstić information content (AvgIpc) is 2.62. The van der Waals surface area contributed by atoms with Crippen LogP contribution in [0, 0.1) is 0 Å². The van der Waals surface area contributed by atoms with E-state index >= 15 is 0 Å². The molecule has 1 aliphatic heterocycles. The summed E-state index contributed by atoms with van der Waals surface area (Å²) in [6.07, 6.45) is -1.24. The van der Waals surface area contributed by atoms with Crippen LogP contribution in [-0.2, 0) is 14.2 Å². The Kier molecular flexibility index (Phi) is 8.94. The summed E-state index contributed by atoms with van der Waals surface area (Å²) in [6, 6.07) is 9.90. The fourth-order valence-electron chi connectivity index (χ4n) is 2.79. The number of hydrogen-bond donors (Lipinski definition) is 1. The average molecular weight is 373 g/mol. The molecule has 0 aliphatic carbocycles. The van der Waals surface area contributed by atoms with Crippen LogP contribution in [0.15, 0.2) is 30.3 Å². The van der Waals surface area contributed by atoms with Gasteiger partial charge in [0.15, 0.2) is 6.29 Å². The second-order valence-electron chi connectivity index (χ2n) is 5.40. The third kappa shape index (κ3) is 5.13. The molecule has 0 spiro atoms. The van der Waals surface area contributed by atoms with Crippen LogP contribution in [0.3, 0.4) is 0 Å². The zero-order chi connectivity index (χ0) is 17.4. The van der Waals surface area contributed by atoms with Crippen LogP contribution in [-0.4, -0.2) is 52.7 Å². The van der Waals surface area contributed by atoms with Crippen LogP contribution in [0.5, 0.6) is 0 Å². The molecule has 4 atom stereocenters. The fraction of sp³-hybridized carbons (Fsp3) is 0.667. The number of rotatable bonds is 9. The number of thioether (sulfide) groups is 2. The van der Waals surface area contributed by atoms with Crippen molar-refractivity contribution < 1.29 is 19.3 Å². The normalized spacial score (nSPS) is 27.5. The van der Waals surface area contributed by atoms with Gasteiger partial charge >= 0.3 is 0 Å². The SMILES string of the molecule is CCO[C@H]1[C@@H](CO)OC(c2ccccc2)O[C@H]1C(SCC)SCC. The number of hydrogen-bond acceptors (Lipinski definition) is 6. The standard InChI is InChI=1S/C18H28O4S2/c1-4-20-15-14(12-19)21-17(13-10-8-7-9-11-13)22-16(15)18(23-5-2)24-6-3/h7-11,14-19H,4-6,12H2,1-3H3/t14-,15+,16-,17?/m1/s1. The van der Waals surface area contributed by atoms with E-state index < -0.39 is 6.29 Å². The van der Waals surface area contributed by atoms with E-state index in [-0.39, 0.29) is 29.5 Å². The molecule has 2 rings (SSSR count). The van der Waals surface area contributed by atoms with Crippen molar-refractivity contribution in [1.82, 2.24) is 0 Å². The molecular weight excluding hydrogens is 344 g/mol. The summed E-state index contributed by atoms with van der Waals surface area (Å²) in [5.74, 6) is 2.02. The largest absolute Gasteiger partial charge is 0.394 e. The predicted octanol–water partition coefficient (Wildman–Crippen LogP) is 3.70. The van der Waals surface area contributed by atoms with Gasteiger partial charge in [-0.2, -0.15) is 0 Å². The van der Waals surface area contributed by atoms with Crippen LogP contribution in [0.1, 0.15) is 32.6 Å². The lowest BCUT2D eigenvalue weighted by molar-refractivity contribution is -0.298. The maximum atomic E-state index is 9.84. The van der Waals surface area contributed by atoms with Gasteiger partial charge in [-0.1, -0.05) is 44.2 Å². The Morgan fingerprint density at radius 1 is 1.08 bits per heavy atom. The van der Waals surface area contributed by atoms with Crippen molar-refractivity contribution >= 4 is 23.5 Å². The molecule has 1 N–H and O–H groups in total. The lowest BCUT2D eigenvalue weighted by Gasteiger charge is -2.43. The van der Waals surface area contributed by atoms with Crippen LogP contribution in [0.4, 0.5) is 0 Å². The van der Waals surface area contributed by atoms with E-state index in [4.69, 9.17) is 14.2 Å². The van der Waals surface area contributed by atoms with E-state index in [1.165, 1.54) is 0 Å². The van der Waals surface area contributed by atoms with Gasteiger partial charge in [0.1, 0.15) is 18.3 Å². The molecule has 0 saturated carbocycles. The van der Waals surface area contributed by atoms with E-state index in [1.807, 2.05) is 60.8 Å². The molecule has 1 unspecified atom stereocenters. The molecule has 1 fully saturated rings. The first kappa shape index (κ1) is 20.1. The van der Waals surface area contributed by atoms with Crippen LogP contribution in [0.25, 0.3) is 0 Å². The third-order valence-corrected chi connectivity index (χ3v) is 6.49. The Hall–Kier alpha value is -0.240. The molecule has 1 aromatic rings. The molecule has 0 amide bonds.